The van der Waals surface area contributed by atoms with Gasteiger partial charge in [-0.2, -0.15) is 0 Å². The van der Waals surface area contributed by atoms with Crippen LogP contribution in [0.25, 0.3) is 49.4 Å². The van der Waals surface area contributed by atoms with Gasteiger partial charge in [0.25, 0.3) is 0 Å². The Labute approximate surface area is 184 Å². The van der Waals surface area contributed by atoms with Crippen molar-refractivity contribution in [3.05, 3.63) is 115 Å². The number of rotatable bonds is 4. The molecule has 0 aliphatic heterocycles. The highest BCUT2D eigenvalue weighted by Gasteiger charge is 2.17. The molecule has 0 heteroatoms. The third-order valence-electron chi connectivity index (χ3n) is 6.22. The van der Waals surface area contributed by atoms with E-state index in [0.717, 1.165) is 0 Å². The molecular formula is C31H26. The van der Waals surface area contributed by atoms with Gasteiger partial charge in [0.1, 0.15) is 0 Å². The quantitative estimate of drug-likeness (QED) is 0.265. The van der Waals surface area contributed by atoms with E-state index in [4.69, 9.17) is 0 Å². The summed E-state index contributed by atoms with van der Waals surface area (Å²) in [6.07, 6.45) is 0. The molecule has 0 fully saturated rings. The van der Waals surface area contributed by atoms with Crippen molar-refractivity contribution in [2.24, 2.45) is 5.92 Å². The van der Waals surface area contributed by atoms with Gasteiger partial charge in [0.2, 0.25) is 0 Å². The maximum atomic E-state index is 4.38. The molecule has 0 saturated carbocycles. The third kappa shape index (κ3) is 3.35. The molecule has 0 unspecified atom stereocenters. The first-order valence-corrected chi connectivity index (χ1v) is 10.9. The Morgan fingerprint density at radius 1 is 0.548 bits per heavy atom. The second-order valence-electron chi connectivity index (χ2n) is 8.47. The molecular weight excluding hydrogens is 372 g/mol. The normalized spacial score (nSPS) is 11.3. The van der Waals surface area contributed by atoms with Gasteiger partial charge in [-0.25, -0.2) is 0 Å². The van der Waals surface area contributed by atoms with Gasteiger partial charge in [0, 0.05) is 0 Å². The van der Waals surface area contributed by atoms with Crippen molar-refractivity contribution in [1.82, 2.24) is 0 Å². The molecule has 0 nitrogen and oxygen atoms in total. The van der Waals surface area contributed by atoms with E-state index in [1.54, 1.807) is 0 Å². The third-order valence-corrected chi connectivity index (χ3v) is 6.22. The lowest BCUT2D eigenvalue weighted by molar-refractivity contribution is 0.858. The number of hydrogen-bond donors (Lipinski definition) is 0. The average molecular weight is 399 g/mol. The first kappa shape index (κ1) is 19.3. The summed E-state index contributed by atoms with van der Waals surface area (Å²) in [5.41, 5.74) is 7.48. The zero-order chi connectivity index (χ0) is 21.4. The van der Waals surface area contributed by atoms with Crippen molar-refractivity contribution >= 4 is 27.1 Å². The van der Waals surface area contributed by atoms with Crippen molar-refractivity contribution in [1.29, 1.82) is 0 Å². The fourth-order valence-corrected chi connectivity index (χ4v) is 4.54. The van der Waals surface area contributed by atoms with Crippen LogP contribution in [0.5, 0.6) is 0 Å². The fraction of sp³-hybridized carbons (Fsp3) is 0.0968. The van der Waals surface area contributed by atoms with Crippen LogP contribution in [0.15, 0.2) is 110 Å². The van der Waals surface area contributed by atoms with Crippen molar-refractivity contribution in [3.8, 4) is 22.3 Å². The molecule has 0 aliphatic rings. The predicted octanol–water partition coefficient (Wildman–Crippen LogP) is 9.00. The van der Waals surface area contributed by atoms with Gasteiger partial charge in [-0.3, -0.25) is 0 Å². The van der Waals surface area contributed by atoms with E-state index in [1.807, 2.05) is 0 Å². The zero-order valence-electron chi connectivity index (χ0n) is 18.1. The van der Waals surface area contributed by atoms with Crippen LogP contribution in [-0.2, 0) is 0 Å². The van der Waals surface area contributed by atoms with E-state index in [9.17, 15) is 0 Å². The highest BCUT2D eigenvalue weighted by molar-refractivity contribution is 6.21. The second kappa shape index (κ2) is 7.89. The Morgan fingerprint density at radius 3 is 1.52 bits per heavy atom. The first-order chi connectivity index (χ1) is 15.1. The summed E-state index contributed by atoms with van der Waals surface area (Å²) in [7, 11) is 0. The molecule has 0 spiro atoms. The van der Waals surface area contributed by atoms with Crippen LogP contribution in [0, 0.1) is 5.92 Å². The van der Waals surface area contributed by atoms with Crippen LogP contribution in [0.4, 0.5) is 0 Å². The lowest BCUT2D eigenvalue weighted by atomic mass is 9.84. The average Bonchev–Trinajstić information content (AvgIpc) is 2.82. The summed E-state index contributed by atoms with van der Waals surface area (Å²) < 4.78 is 0. The minimum atomic E-state index is 0.409. The highest BCUT2D eigenvalue weighted by atomic mass is 14.2. The van der Waals surface area contributed by atoms with Crippen molar-refractivity contribution in [2.75, 3.05) is 0 Å². The molecule has 5 rings (SSSR count). The monoisotopic (exact) mass is 398 g/mol. The SMILES string of the molecule is C=C(c1ccc2c(-c3ccccc3)c3ccccc3c(-c3ccccc3)c2c1)C(C)C. The predicted molar refractivity (Wildman–Crippen MR) is 136 cm³/mol. The zero-order valence-corrected chi connectivity index (χ0v) is 18.1. The summed E-state index contributed by atoms with van der Waals surface area (Å²) in [5, 5.41) is 5.13. The molecule has 0 saturated heterocycles. The van der Waals surface area contributed by atoms with Crippen molar-refractivity contribution < 1.29 is 0 Å². The Hall–Kier alpha value is -3.64. The van der Waals surface area contributed by atoms with Gasteiger partial charge in [-0.15, -0.1) is 0 Å². The first-order valence-electron chi connectivity index (χ1n) is 10.9. The number of allylic oxidation sites excluding steroid dienone is 1. The fourth-order valence-electron chi connectivity index (χ4n) is 4.54. The van der Waals surface area contributed by atoms with Crippen LogP contribution < -0.4 is 0 Å². The molecule has 150 valence electrons. The standard InChI is InChI=1S/C31H26/c1-21(2)22(3)25-18-19-28-29(20-25)31(24-14-8-5-9-15-24)27-17-11-10-16-26(27)30(28)23-12-6-4-7-13-23/h4-21H,3H2,1-2H3. The molecule has 5 aromatic carbocycles. The van der Waals surface area contributed by atoms with E-state index in [0.29, 0.717) is 5.92 Å². The number of benzene rings is 5. The molecule has 0 bridgehead atoms. The molecule has 0 heterocycles. The van der Waals surface area contributed by atoms with Gasteiger partial charge in [0.15, 0.2) is 0 Å². The molecule has 0 atom stereocenters. The summed E-state index contributed by atoms with van der Waals surface area (Å²) in [6.45, 7) is 8.79. The minimum absolute atomic E-state index is 0.409. The molecule has 0 aliphatic carbocycles. The van der Waals surface area contributed by atoms with Crippen molar-refractivity contribution in [3.63, 3.8) is 0 Å². The van der Waals surface area contributed by atoms with Gasteiger partial charge >= 0.3 is 0 Å². The molecule has 5 aromatic rings. The minimum Gasteiger partial charge on any atom is -0.0950 e. The summed E-state index contributed by atoms with van der Waals surface area (Å²) >= 11 is 0. The Balaban J connectivity index is 1.98. The second-order valence-corrected chi connectivity index (χ2v) is 8.47. The molecule has 31 heavy (non-hydrogen) atoms. The van der Waals surface area contributed by atoms with E-state index in [-0.39, 0.29) is 0 Å². The maximum absolute atomic E-state index is 4.38. The highest BCUT2D eigenvalue weighted by Crippen LogP contribution is 2.44. The van der Waals surface area contributed by atoms with Crippen LogP contribution in [0.1, 0.15) is 19.4 Å². The largest absolute Gasteiger partial charge is 0.0950 e. The lowest BCUT2D eigenvalue weighted by Gasteiger charge is -2.19. The van der Waals surface area contributed by atoms with Gasteiger partial charge in [0.05, 0.1) is 0 Å². The molecule has 0 radical (unpaired) electrons. The molecule has 0 amide bonds. The maximum Gasteiger partial charge on any atom is -0.00262 e. The van der Waals surface area contributed by atoms with Crippen molar-refractivity contribution in [2.45, 2.75) is 13.8 Å². The van der Waals surface area contributed by atoms with Crippen LogP contribution >= 0.6 is 0 Å². The summed E-state index contributed by atoms with van der Waals surface area (Å²) in [4.78, 5) is 0. The molecule has 0 N–H and O–H groups in total. The Bertz CT molecular complexity index is 1390. The smallest absolute Gasteiger partial charge is 0.00262 e. The lowest BCUT2D eigenvalue weighted by Crippen LogP contribution is -1.95. The summed E-state index contributed by atoms with van der Waals surface area (Å²) in [6, 6.07) is 37.2. The summed E-state index contributed by atoms with van der Waals surface area (Å²) in [5.74, 6) is 0.409. The Morgan fingerprint density at radius 2 is 1.00 bits per heavy atom. The van der Waals surface area contributed by atoms with Crippen LogP contribution in [-0.4, -0.2) is 0 Å². The van der Waals surface area contributed by atoms with Crippen LogP contribution in [0.3, 0.4) is 0 Å². The van der Waals surface area contributed by atoms with E-state index in [2.05, 4.69) is 124 Å². The van der Waals surface area contributed by atoms with E-state index >= 15 is 0 Å². The number of hydrogen-bond acceptors (Lipinski definition) is 0. The van der Waals surface area contributed by atoms with Gasteiger partial charge < -0.3 is 0 Å². The Kier molecular flexibility index (Phi) is 4.92. The molecule has 0 aromatic heterocycles. The number of fused-ring (bicyclic) bond motifs is 2. The van der Waals surface area contributed by atoms with Gasteiger partial charge in [-0.05, 0) is 66.9 Å². The topological polar surface area (TPSA) is 0 Å². The van der Waals surface area contributed by atoms with E-state index in [1.165, 1.54) is 54.9 Å². The van der Waals surface area contributed by atoms with E-state index < -0.39 is 0 Å². The van der Waals surface area contributed by atoms with Crippen LogP contribution in [0.2, 0.25) is 0 Å². The van der Waals surface area contributed by atoms with Gasteiger partial charge in [-0.1, -0.05) is 117 Å².